The summed E-state index contributed by atoms with van der Waals surface area (Å²) in [4.78, 5) is 0.740. The largest absolute Gasteiger partial charge is 0.374 e. The minimum absolute atomic E-state index is 0.278. The van der Waals surface area contributed by atoms with Gasteiger partial charge in [0.15, 0.2) is 0 Å². The Bertz CT molecular complexity index is 228. The van der Waals surface area contributed by atoms with E-state index in [-0.39, 0.29) is 5.60 Å². The first kappa shape index (κ1) is 14.2. The second-order valence-corrected chi connectivity index (χ2v) is 8.06. The van der Waals surface area contributed by atoms with Crippen molar-refractivity contribution in [3.8, 4) is 0 Å². The Morgan fingerprint density at radius 3 is 3.06 bits per heavy atom. The van der Waals surface area contributed by atoms with E-state index >= 15 is 0 Å². The molecule has 0 N–H and O–H groups in total. The molecule has 0 aromatic rings. The van der Waals surface area contributed by atoms with Crippen LogP contribution >= 0.6 is 27.7 Å². The molecule has 3 unspecified atom stereocenters. The fraction of sp³-hybridized carbons (Fsp3) is 1.00. The van der Waals surface area contributed by atoms with Crippen LogP contribution in [0.1, 0.15) is 51.9 Å². The molecule has 2 saturated heterocycles. The monoisotopic (exact) mass is 320 g/mol. The van der Waals surface area contributed by atoms with Crippen LogP contribution in [0.5, 0.6) is 0 Å². The molecule has 0 amide bonds. The van der Waals surface area contributed by atoms with Gasteiger partial charge in [-0.3, -0.25) is 0 Å². The van der Waals surface area contributed by atoms with E-state index in [1.807, 2.05) is 0 Å². The fourth-order valence-electron chi connectivity index (χ4n) is 3.11. The highest BCUT2D eigenvalue weighted by Crippen LogP contribution is 2.41. The molecule has 0 aromatic heterocycles. The maximum absolute atomic E-state index is 6.08. The van der Waals surface area contributed by atoms with Crippen LogP contribution in [0.25, 0.3) is 0 Å². The van der Waals surface area contributed by atoms with E-state index in [0.717, 1.165) is 17.4 Å². The summed E-state index contributed by atoms with van der Waals surface area (Å²) < 4.78 is 6.08. The van der Waals surface area contributed by atoms with E-state index in [9.17, 15) is 0 Å². The van der Waals surface area contributed by atoms with Crippen molar-refractivity contribution in [2.24, 2.45) is 5.92 Å². The van der Waals surface area contributed by atoms with Gasteiger partial charge >= 0.3 is 0 Å². The molecule has 2 aliphatic rings. The zero-order chi connectivity index (χ0) is 12.1. The Labute approximate surface area is 119 Å². The van der Waals surface area contributed by atoms with Crippen molar-refractivity contribution < 1.29 is 4.74 Å². The second-order valence-electron chi connectivity index (χ2n) is 5.66. The summed E-state index contributed by atoms with van der Waals surface area (Å²) in [5.41, 5.74) is 0.278. The smallest absolute Gasteiger partial charge is 0.0783 e. The molecule has 0 aliphatic carbocycles. The van der Waals surface area contributed by atoms with E-state index in [2.05, 4.69) is 34.6 Å². The highest BCUT2D eigenvalue weighted by atomic mass is 79.9. The maximum atomic E-state index is 6.08. The van der Waals surface area contributed by atoms with Crippen molar-refractivity contribution in [3.05, 3.63) is 0 Å². The van der Waals surface area contributed by atoms with Crippen LogP contribution in [0.4, 0.5) is 0 Å². The van der Waals surface area contributed by atoms with Gasteiger partial charge in [-0.2, -0.15) is 11.8 Å². The lowest BCUT2D eigenvalue weighted by atomic mass is 9.82. The Morgan fingerprint density at radius 2 is 2.35 bits per heavy atom. The molecule has 2 aliphatic heterocycles. The van der Waals surface area contributed by atoms with Gasteiger partial charge in [-0.1, -0.05) is 29.3 Å². The van der Waals surface area contributed by atoms with Crippen molar-refractivity contribution in [2.45, 2.75) is 62.3 Å². The van der Waals surface area contributed by atoms with E-state index in [1.165, 1.54) is 56.5 Å². The maximum Gasteiger partial charge on any atom is 0.0783 e. The van der Waals surface area contributed by atoms with Crippen LogP contribution in [-0.4, -0.2) is 28.5 Å². The fourth-order valence-corrected chi connectivity index (χ4v) is 5.21. The van der Waals surface area contributed by atoms with Gasteiger partial charge in [-0.15, -0.1) is 0 Å². The number of hydrogen-bond donors (Lipinski definition) is 0. The molecular formula is C14H25BrOS. The molecule has 3 atom stereocenters. The van der Waals surface area contributed by atoms with E-state index < -0.39 is 0 Å². The standard InChI is InChI=1S/C14H25BrOS/c1-2-3-13(15)5-4-12-6-8-16-14(10-12)7-9-17-11-14/h12-13H,2-11H2,1H3. The van der Waals surface area contributed by atoms with Gasteiger partial charge in [-0.25, -0.2) is 0 Å². The Morgan fingerprint density at radius 1 is 1.47 bits per heavy atom. The highest BCUT2D eigenvalue weighted by Gasteiger charge is 2.40. The number of halogens is 1. The SMILES string of the molecule is CCCC(Br)CCC1CCOC2(CCSC2)C1. The Balaban J connectivity index is 1.74. The lowest BCUT2D eigenvalue weighted by Crippen LogP contribution is -2.39. The lowest BCUT2D eigenvalue weighted by Gasteiger charge is -2.38. The van der Waals surface area contributed by atoms with E-state index in [1.54, 1.807) is 0 Å². The second kappa shape index (κ2) is 6.81. The lowest BCUT2D eigenvalue weighted by molar-refractivity contribution is -0.0807. The van der Waals surface area contributed by atoms with Gasteiger partial charge in [0.05, 0.1) is 5.60 Å². The number of rotatable bonds is 5. The number of alkyl halides is 1. The number of hydrogen-bond acceptors (Lipinski definition) is 2. The summed E-state index contributed by atoms with van der Waals surface area (Å²) in [6, 6.07) is 0. The number of thioether (sulfide) groups is 1. The van der Waals surface area contributed by atoms with Crippen LogP contribution in [0.15, 0.2) is 0 Å². The van der Waals surface area contributed by atoms with Crippen LogP contribution in [0.3, 0.4) is 0 Å². The van der Waals surface area contributed by atoms with Crippen molar-refractivity contribution >= 4 is 27.7 Å². The molecule has 2 rings (SSSR count). The zero-order valence-electron chi connectivity index (χ0n) is 10.9. The minimum Gasteiger partial charge on any atom is -0.374 e. The third-order valence-corrected chi connectivity index (χ3v) is 6.29. The molecule has 0 bridgehead atoms. The topological polar surface area (TPSA) is 9.23 Å². The van der Waals surface area contributed by atoms with Crippen LogP contribution in [0, 0.1) is 5.92 Å². The summed E-state index contributed by atoms with van der Waals surface area (Å²) in [7, 11) is 0. The quantitative estimate of drug-likeness (QED) is 0.683. The molecular weight excluding hydrogens is 296 g/mol. The van der Waals surface area contributed by atoms with Gasteiger partial charge in [0.1, 0.15) is 0 Å². The van der Waals surface area contributed by atoms with Gasteiger partial charge in [0.25, 0.3) is 0 Å². The summed E-state index contributed by atoms with van der Waals surface area (Å²) in [6.45, 7) is 3.28. The van der Waals surface area contributed by atoms with E-state index in [0.29, 0.717) is 0 Å². The van der Waals surface area contributed by atoms with Gasteiger partial charge < -0.3 is 4.74 Å². The molecule has 100 valence electrons. The third-order valence-electron chi connectivity index (χ3n) is 4.15. The first-order valence-electron chi connectivity index (χ1n) is 7.10. The molecule has 2 heterocycles. The van der Waals surface area contributed by atoms with Crippen LogP contribution < -0.4 is 0 Å². The number of ether oxygens (including phenoxy) is 1. The van der Waals surface area contributed by atoms with Crippen LogP contribution in [0.2, 0.25) is 0 Å². The predicted octanol–water partition coefficient (Wildman–Crippen LogP) is 4.63. The average molecular weight is 321 g/mol. The first-order valence-corrected chi connectivity index (χ1v) is 9.17. The summed E-state index contributed by atoms with van der Waals surface area (Å²) in [6.07, 6.45) is 9.27. The summed E-state index contributed by atoms with van der Waals surface area (Å²) in [5.74, 6) is 3.47. The average Bonchev–Trinajstić information content (AvgIpc) is 2.75. The van der Waals surface area contributed by atoms with E-state index in [4.69, 9.17) is 4.74 Å². The first-order chi connectivity index (χ1) is 8.24. The van der Waals surface area contributed by atoms with Crippen molar-refractivity contribution in [2.75, 3.05) is 18.1 Å². The molecule has 0 saturated carbocycles. The summed E-state index contributed by atoms with van der Waals surface area (Å²) >= 11 is 5.88. The van der Waals surface area contributed by atoms with Crippen molar-refractivity contribution in [1.82, 2.24) is 0 Å². The van der Waals surface area contributed by atoms with Crippen molar-refractivity contribution in [1.29, 1.82) is 0 Å². The van der Waals surface area contributed by atoms with Crippen molar-refractivity contribution in [3.63, 3.8) is 0 Å². The molecule has 17 heavy (non-hydrogen) atoms. The normalized spacial score (nSPS) is 35.3. The molecule has 1 spiro atoms. The molecule has 0 aromatic carbocycles. The third kappa shape index (κ3) is 4.14. The summed E-state index contributed by atoms with van der Waals surface area (Å²) in [5, 5.41) is 0. The van der Waals surface area contributed by atoms with Crippen LogP contribution in [-0.2, 0) is 4.74 Å². The molecule has 1 nitrogen and oxygen atoms in total. The molecule has 3 heteroatoms. The molecule has 0 radical (unpaired) electrons. The zero-order valence-corrected chi connectivity index (χ0v) is 13.3. The highest BCUT2D eigenvalue weighted by molar-refractivity contribution is 9.09. The van der Waals surface area contributed by atoms with Gasteiger partial charge in [0, 0.05) is 17.2 Å². The Hall–Kier alpha value is 0.790. The predicted molar refractivity (Wildman–Crippen MR) is 80.2 cm³/mol. The minimum atomic E-state index is 0.278. The Kier molecular flexibility index (Phi) is 5.69. The molecule has 2 fully saturated rings. The van der Waals surface area contributed by atoms with Gasteiger partial charge in [-0.05, 0) is 50.2 Å². The van der Waals surface area contributed by atoms with Gasteiger partial charge in [0.2, 0.25) is 0 Å².